The molecule has 2 aromatic rings. The summed E-state index contributed by atoms with van der Waals surface area (Å²) in [6.45, 7) is 5.88. The van der Waals surface area contributed by atoms with Crippen LogP contribution in [0.3, 0.4) is 0 Å². The van der Waals surface area contributed by atoms with Crippen LogP contribution in [0.4, 0.5) is 5.95 Å². The van der Waals surface area contributed by atoms with E-state index in [9.17, 15) is 4.79 Å². The zero-order valence-electron chi connectivity index (χ0n) is 21.8. The summed E-state index contributed by atoms with van der Waals surface area (Å²) in [4.78, 5) is 22.8. The molecular weight excluding hydrogens is 426 g/mol. The Morgan fingerprint density at radius 2 is 1.41 bits per heavy atom. The Kier molecular flexibility index (Phi) is 14.6. The summed E-state index contributed by atoms with van der Waals surface area (Å²) >= 11 is 0. The number of unbranched alkanes of at least 4 members (excludes halogenated alkanes) is 15. The lowest BCUT2D eigenvalue weighted by Crippen LogP contribution is -2.14. The summed E-state index contributed by atoms with van der Waals surface area (Å²) in [6, 6.07) is 0.143. The lowest BCUT2D eigenvalue weighted by molar-refractivity contribution is 0.119. The first-order valence-corrected chi connectivity index (χ1v) is 13.9. The van der Waals surface area contributed by atoms with Crippen LogP contribution in [0.2, 0.25) is 0 Å². The van der Waals surface area contributed by atoms with Gasteiger partial charge in [-0.2, -0.15) is 4.98 Å². The predicted octanol–water partition coefficient (Wildman–Crippen LogP) is 6.93. The summed E-state index contributed by atoms with van der Waals surface area (Å²) in [5, 5.41) is 0. The molecule has 0 aromatic carbocycles. The molecule has 3 N–H and O–H groups in total. The van der Waals surface area contributed by atoms with Gasteiger partial charge in [0.05, 0.1) is 6.33 Å². The van der Waals surface area contributed by atoms with Gasteiger partial charge in [0, 0.05) is 19.3 Å². The third-order valence-electron chi connectivity index (χ3n) is 6.75. The van der Waals surface area contributed by atoms with Gasteiger partial charge in [-0.3, -0.25) is 9.78 Å². The quantitative estimate of drug-likeness (QED) is 0.191. The summed E-state index contributed by atoms with van der Waals surface area (Å²) in [6.07, 6.45) is 24.6. The van der Waals surface area contributed by atoms with Gasteiger partial charge >= 0.3 is 0 Å². The van der Waals surface area contributed by atoms with Crippen LogP contribution in [0.25, 0.3) is 11.2 Å². The molecule has 2 aromatic heterocycles. The third kappa shape index (κ3) is 11.0. The molecule has 0 fully saturated rings. The third-order valence-corrected chi connectivity index (χ3v) is 6.75. The van der Waals surface area contributed by atoms with E-state index < -0.39 is 0 Å². The van der Waals surface area contributed by atoms with Crippen molar-refractivity contribution >= 4 is 17.1 Å². The minimum Gasteiger partial charge on any atom is -0.381 e. The first kappa shape index (κ1) is 28.3. The fraction of sp³-hybridized carbons (Fsp3) is 0.815. The van der Waals surface area contributed by atoms with E-state index in [4.69, 9.17) is 10.5 Å². The summed E-state index contributed by atoms with van der Waals surface area (Å²) in [5.74, 6) is 0.117. The number of anilines is 1. The van der Waals surface area contributed by atoms with Gasteiger partial charge in [0.15, 0.2) is 11.2 Å². The van der Waals surface area contributed by atoms with Crippen LogP contribution >= 0.6 is 0 Å². The lowest BCUT2D eigenvalue weighted by atomic mass is 10.0. The number of fused-ring (bicyclic) bond motifs is 1. The number of nitrogens with zero attached hydrogens (tertiary/aromatic N) is 3. The van der Waals surface area contributed by atoms with Crippen LogP contribution in [0.15, 0.2) is 11.1 Å². The highest BCUT2D eigenvalue weighted by Gasteiger charge is 2.13. The van der Waals surface area contributed by atoms with Crippen molar-refractivity contribution in [2.75, 3.05) is 18.9 Å². The van der Waals surface area contributed by atoms with E-state index in [2.05, 4.69) is 28.8 Å². The second kappa shape index (κ2) is 17.5. The average molecular weight is 476 g/mol. The second-order valence-electron chi connectivity index (χ2n) is 9.83. The molecule has 2 heterocycles. The minimum absolute atomic E-state index is 0.117. The van der Waals surface area contributed by atoms with Gasteiger partial charge in [-0.05, 0) is 19.8 Å². The maximum atomic E-state index is 11.9. The van der Waals surface area contributed by atoms with E-state index in [1.807, 2.05) is 4.57 Å². The van der Waals surface area contributed by atoms with Gasteiger partial charge in [-0.25, -0.2) is 4.98 Å². The van der Waals surface area contributed by atoms with Crippen molar-refractivity contribution in [3.8, 4) is 0 Å². The van der Waals surface area contributed by atoms with Crippen molar-refractivity contribution in [2.45, 2.75) is 129 Å². The zero-order valence-corrected chi connectivity index (χ0v) is 21.8. The molecule has 0 bridgehead atoms. The molecule has 1 atom stereocenters. The monoisotopic (exact) mass is 475 g/mol. The number of hydrogen-bond donors (Lipinski definition) is 2. The molecule has 0 radical (unpaired) electrons. The number of aromatic nitrogens is 4. The number of ether oxygens (including phenoxy) is 1. The number of nitrogens with one attached hydrogen (secondary N) is 1. The van der Waals surface area contributed by atoms with E-state index >= 15 is 0 Å². The van der Waals surface area contributed by atoms with E-state index in [1.54, 1.807) is 6.33 Å². The maximum Gasteiger partial charge on any atom is 0.280 e. The second-order valence-corrected chi connectivity index (χ2v) is 9.83. The van der Waals surface area contributed by atoms with E-state index in [1.165, 1.54) is 96.3 Å². The van der Waals surface area contributed by atoms with Crippen molar-refractivity contribution in [3.63, 3.8) is 0 Å². The number of aromatic amines is 1. The lowest BCUT2D eigenvalue weighted by Gasteiger charge is -2.14. The Balaban J connectivity index is 1.37. The van der Waals surface area contributed by atoms with Crippen molar-refractivity contribution in [2.24, 2.45) is 0 Å². The van der Waals surface area contributed by atoms with Gasteiger partial charge in [-0.1, -0.05) is 103 Å². The van der Waals surface area contributed by atoms with Crippen LogP contribution in [0.5, 0.6) is 0 Å². The Hall–Kier alpha value is -1.89. The van der Waals surface area contributed by atoms with Crippen LogP contribution < -0.4 is 11.3 Å². The topological polar surface area (TPSA) is 98.8 Å². The van der Waals surface area contributed by atoms with Crippen molar-refractivity contribution in [1.82, 2.24) is 19.5 Å². The highest BCUT2D eigenvalue weighted by Crippen LogP contribution is 2.17. The normalized spacial score (nSPS) is 12.5. The van der Waals surface area contributed by atoms with Crippen LogP contribution in [0.1, 0.15) is 129 Å². The first-order valence-electron chi connectivity index (χ1n) is 13.9. The highest BCUT2D eigenvalue weighted by molar-refractivity contribution is 5.70. The Bertz CT molecular complexity index is 832. The molecule has 0 saturated heterocycles. The van der Waals surface area contributed by atoms with Crippen molar-refractivity contribution in [3.05, 3.63) is 16.7 Å². The molecule has 2 rings (SSSR count). The fourth-order valence-electron chi connectivity index (χ4n) is 4.51. The smallest absolute Gasteiger partial charge is 0.280 e. The van der Waals surface area contributed by atoms with E-state index in [0.29, 0.717) is 17.8 Å². The van der Waals surface area contributed by atoms with E-state index in [0.717, 1.165) is 19.4 Å². The SMILES string of the molecule is CCCCCCCCCCCCCCCCCCOCCC(C)n1cnc2c(=O)[nH]c(N)nc21. The van der Waals surface area contributed by atoms with Crippen molar-refractivity contribution in [1.29, 1.82) is 0 Å². The molecule has 34 heavy (non-hydrogen) atoms. The fourth-order valence-corrected chi connectivity index (χ4v) is 4.51. The summed E-state index contributed by atoms with van der Waals surface area (Å²) in [5.41, 5.74) is 6.24. The van der Waals surface area contributed by atoms with Crippen molar-refractivity contribution < 1.29 is 4.74 Å². The number of hydrogen-bond acceptors (Lipinski definition) is 5. The van der Waals surface area contributed by atoms with E-state index in [-0.39, 0.29) is 17.5 Å². The number of H-pyrrole nitrogens is 1. The number of imidazole rings is 1. The van der Waals surface area contributed by atoms with Crippen LogP contribution in [0, 0.1) is 0 Å². The maximum absolute atomic E-state index is 11.9. The summed E-state index contributed by atoms with van der Waals surface area (Å²) in [7, 11) is 0. The highest BCUT2D eigenvalue weighted by atomic mass is 16.5. The standard InChI is InChI=1S/C27H49N5O2/c1-3-4-5-6-7-8-9-10-11-12-13-14-15-16-17-18-20-34-21-19-23(2)32-22-29-24-25(32)30-27(28)31-26(24)33/h22-23H,3-21H2,1-2H3,(H3,28,30,31,33). The molecule has 1 unspecified atom stereocenters. The number of rotatable bonds is 21. The minimum atomic E-state index is -0.298. The molecule has 0 amide bonds. The van der Waals surface area contributed by atoms with Gasteiger partial charge < -0.3 is 15.0 Å². The molecule has 0 aliphatic rings. The molecule has 7 nitrogen and oxygen atoms in total. The van der Waals surface area contributed by atoms with Crippen LogP contribution in [-0.2, 0) is 4.74 Å². The Morgan fingerprint density at radius 1 is 0.882 bits per heavy atom. The molecule has 0 spiro atoms. The first-order chi connectivity index (χ1) is 16.6. The molecule has 194 valence electrons. The molecule has 0 saturated carbocycles. The molecule has 0 aliphatic heterocycles. The van der Waals surface area contributed by atoms with Gasteiger partial charge in [-0.15, -0.1) is 0 Å². The average Bonchev–Trinajstić information content (AvgIpc) is 3.24. The number of nitrogens with two attached hydrogens (primary N) is 1. The van der Waals surface area contributed by atoms with Gasteiger partial charge in [0.25, 0.3) is 5.56 Å². The van der Waals surface area contributed by atoms with Gasteiger partial charge in [0.2, 0.25) is 5.95 Å². The van der Waals surface area contributed by atoms with Crippen LogP contribution in [-0.4, -0.2) is 32.7 Å². The summed E-state index contributed by atoms with van der Waals surface area (Å²) < 4.78 is 7.74. The predicted molar refractivity (Wildman–Crippen MR) is 142 cm³/mol. The molecule has 0 aliphatic carbocycles. The molecular formula is C27H49N5O2. The van der Waals surface area contributed by atoms with Gasteiger partial charge in [0.1, 0.15) is 0 Å². The number of nitrogen functional groups attached to an aromatic ring is 1. The molecule has 7 heteroatoms. The Morgan fingerprint density at radius 3 is 1.97 bits per heavy atom. The largest absolute Gasteiger partial charge is 0.381 e. The zero-order chi connectivity index (χ0) is 24.4. The Labute approximate surface area is 206 Å².